The quantitative estimate of drug-likeness (QED) is 0.586. The number of phenols is 1. The molecule has 0 radical (unpaired) electrons. The third-order valence-electron chi connectivity index (χ3n) is 1.68. The van der Waals surface area contributed by atoms with E-state index in [0.717, 1.165) is 0 Å². The summed E-state index contributed by atoms with van der Waals surface area (Å²) >= 11 is 0. The lowest BCUT2D eigenvalue weighted by molar-refractivity contribution is -0.104. The summed E-state index contributed by atoms with van der Waals surface area (Å²) in [5.41, 5.74) is 0.572. The van der Waals surface area contributed by atoms with Gasteiger partial charge in [0, 0.05) is 5.56 Å². The normalized spacial score (nSPS) is 10.4. The minimum absolute atomic E-state index is 0.0625. The van der Waals surface area contributed by atoms with Crippen LogP contribution in [0.25, 0.3) is 6.08 Å². The van der Waals surface area contributed by atoms with Crippen molar-refractivity contribution in [2.45, 2.75) is 6.92 Å². The highest BCUT2D eigenvalue weighted by Gasteiger charge is 2.04. The number of hydrogen-bond acceptors (Lipinski definition) is 3. The molecule has 0 bridgehead atoms. The molecule has 0 saturated carbocycles. The van der Waals surface area contributed by atoms with E-state index >= 15 is 0 Å². The lowest BCUT2D eigenvalue weighted by atomic mass is 10.2. The van der Waals surface area contributed by atoms with Gasteiger partial charge in [-0.05, 0) is 25.1 Å². The van der Waals surface area contributed by atoms with E-state index in [2.05, 4.69) is 0 Å². The molecule has 0 aliphatic carbocycles. The maximum absolute atomic E-state index is 10.1. The Balaban J connectivity index is 3.00. The van der Waals surface area contributed by atoms with Gasteiger partial charge < -0.3 is 9.84 Å². The van der Waals surface area contributed by atoms with E-state index < -0.39 is 0 Å². The van der Waals surface area contributed by atoms with Gasteiger partial charge >= 0.3 is 0 Å². The Morgan fingerprint density at radius 1 is 1.50 bits per heavy atom. The molecule has 0 aromatic heterocycles. The molecular formula is C11H12O3. The van der Waals surface area contributed by atoms with Crippen LogP contribution in [0, 0.1) is 0 Å². The average molecular weight is 192 g/mol. The molecule has 1 N–H and O–H groups in total. The van der Waals surface area contributed by atoms with Crippen LogP contribution in [0.15, 0.2) is 24.3 Å². The third kappa shape index (κ3) is 2.36. The standard InChI is InChI=1S/C11H12O3/c1-2-14-10-7-3-5-9(11(10)13)6-4-8-12/h3-8,13H,2H2,1H3/b6-4+. The highest BCUT2D eigenvalue weighted by molar-refractivity contribution is 5.76. The van der Waals surface area contributed by atoms with Crippen molar-refractivity contribution >= 4 is 12.4 Å². The van der Waals surface area contributed by atoms with Gasteiger partial charge in [0.2, 0.25) is 0 Å². The van der Waals surface area contributed by atoms with Gasteiger partial charge in [-0.25, -0.2) is 0 Å². The molecule has 1 aromatic rings. The van der Waals surface area contributed by atoms with Crippen LogP contribution in [0.5, 0.6) is 11.5 Å². The van der Waals surface area contributed by atoms with Crippen molar-refractivity contribution in [2.75, 3.05) is 6.61 Å². The molecule has 0 spiro atoms. The average Bonchev–Trinajstić information content (AvgIpc) is 2.20. The number of hydrogen-bond donors (Lipinski definition) is 1. The van der Waals surface area contributed by atoms with Crippen molar-refractivity contribution in [3.63, 3.8) is 0 Å². The first-order valence-corrected chi connectivity index (χ1v) is 4.36. The lowest BCUT2D eigenvalue weighted by Crippen LogP contribution is -1.92. The summed E-state index contributed by atoms with van der Waals surface area (Å²) in [6, 6.07) is 5.14. The Labute approximate surface area is 82.6 Å². The van der Waals surface area contributed by atoms with Gasteiger partial charge in [0.15, 0.2) is 11.5 Å². The maximum atomic E-state index is 10.1. The second kappa shape index (κ2) is 5.07. The number of aldehydes is 1. The summed E-state index contributed by atoms with van der Waals surface area (Å²) in [5.74, 6) is 0.494. The Kier molecular flexibility index (Phi) is 3.73. The zero-order chi connectivity index (χ0) is 10.4. The summed E-state index contributed by atoms with van der Waals surface area (Å²) < 4.78 is 5.19. The summed E-state index contributed by atoms with van der Waals surface area (Å²) in [5, 5.41) is 9.65. The van der Waals surface area contributed by atoms with Gasteiger partial charge in [0.1, 0.15) is 6.29 Å². The minimum Gasteiger partial charge on any atom is -0.504 e. The van der Waals surface area contributed by atoms with Crippen LogP contribution >= 0.6 is 0 Å². The van der Waals surface area contributed by atoms with Crippen LogP contribution < -0.4 is 4.74 Å². The van der Waals surface area contributed by atoms with Crippen LogP contribution in [-0.4, -0.2) is 18.0 Å². The van der Waals surface area contributed by atoms with Gasteiger partial charge in [-0.15, -0.1) is 0 Å². The van der Waals surface area contributed by atoms with E-state index in [0.29, 0.717) is 24.2 Å². The Hall–Kier alpha value is -1.77. The molecule has 0 atom stereocenters. The number of phenolic OH excluding ortho intramolecular Hbond substituents is 1. The second-order valence-corrected chi connectivity index (χ2v) is 2.62. The summed E-state index contributed by atoms with van der Waals surface area (Å²) in [4.78, 5) is 10.1. The number of carbonyl (C=O) groups is 1. The topological polar surface area (TPSA) is 46.5 Å². The number of allylic oxidation sites excluding steroid dienone is 1. The number of carbonyl (C=O) groups excluding carboxylic acids is 1. The summed E-state index contributed by atoms with van der Waals surface area (Å²) in [7, 11) is 0. The zero-order valence-corrected chi connectivity index (χ0v) is 7.93. The van der Waals surface area contributed by atoms with E-state index in [4.69, 9.17) is 4.74 Å². The van der Waals surface area contributed by atoms with Crippen molar-refractivity contribution in [2.24, 2.45) is 0 Å². The van der Waals surface area contributed by atoms with Gasteiger partial charge in [0.25, 0.3) is 0 Å². The Morgan fingerprint density at radius 3 is 2.93 bits per heavy atom. The van der Waals surface area contributed by atoms with Crippen molar-refractivity contribution in [3.8, 4) is 11.5 Å². The number of para-hydroxylation sites is 1. The molecule has 1 rings (SSSR count). The first-order chi connectivity index (χ1) is 6.79. The molecule has 0 aliphatic rings. The highest BCUT2D eigenvalue weighted by atomic mass is 16.5. The molecule has 0 unspecified atom stereocenters. The zero-order valence-electron chi connectivity index (χ0n) is 7.93. The fourth-order valence-electron chi connectivity index (χ4n) is 1.09. The molecule has 3 nitrogen and oxygen atoms in total. The van der Waals surface area contributed by atoms with Crippen LogP contribution in [0.1, 0.15) is 12.5 Å². The van der Waals surface area contributed by atoms with Crippen molar-refractivity contribution in [1.82, 2.24) is 0 Å². The predicted octanol–water partition coefficient (Wildman–Crippen LogP) is 2.00. The van der Waals surface area contributed by atoms with Gasteiger partial charge in [-0.2, -0.15) is 0 Å². The lowest BCUT2D eigenvalue weighted by Gasteiger charge is -2.06. The molecule has 0 aliphatic heterocycles. The van der Waals surface area contributed by atoms with Crippen molar-refractivity contribution in [1.29, 1.82) is 0 Å². The SMILES string of the molecule is CCOc1cccc(/C=C/C=O)c1O. The molecule has 3 heteroatoms. The van der Waals surface area contributed by atoms with Crippen molar-refractivity contribution in [3.05, 3.63) is 29.8 Å². The molecule has 0 amide bonds. The number of rotatable bonds is 4. The molecule has 1 aromatic carbocycles. The molecule has 14 heavy (non-hydrogen) atoms. The second-order valence-electron chi connectivity index (χ2n) is 2.62. The van der Waals surface area contributed by atoms with Crippen LogP contribution in [0.2, 0.25) is 0 Å². The highest BCUT2D eigenvalue weighted by Crippen LogP contribution is 2.30. The first-order valence-electron chi connectivity index (χ1n) is 4.36. The Bertz CT molecular complexity index is 342. The van der Waals surface area contributed by atoms with E-state index in [-0.39, 0.29) is 5.75 Å². The summed E-state index contributed by atoms with van der Waals surface area (Å²) in [6.45, 7) is 2.34. The van der Waals surface area contributed by atoms with Gasteiger partial charge in [-0.3, -0.25) is 4.79 Å². The summed E-state index contributed by atoms with van der Waals surface area (Å²) in [6.07, 6.45) is 3.52. The van der Waals surface area contributed by atoms with Gasteiger partial charge in [-0.1, -0.05) is 12.1 Å². The first kappa shape index (κ1) is 10.3. The van der Waals surface area contributed by atoms with Crippen LogP contribution in [-0.2, 0) is 4.79 Å². The number of benzene rings is 1. The van der Waals surface area contributed by atoms with Gasteiger partial charge in [0.05, 0.1) is 6.61 Å². The Morgan fingerprint density at radius 2 is 2.29 bits per heavy atom. The molecular weight excluding hydrogens is 180 g/mol. The maximum Gasteiger partial charge on any atom is 0.165 e. The molecule has 0 fully saturated rings. The van der Waals surface area contributed by atoms with E-state index in [1.165, 1.54) is 12.2 Å². The van der Waals surface area contributed by atoms with Crippen LogP contribution in [0.4, 0.5) is 0 Å². The fraction of sp³-hybridized carbons (Fsp3) is 0.182. The minimum atomic E-state index is 0.0625. The fourth-order valence-corrected chi connectivity index (χ4v) is 1.09. The van der Waals surface area contributed by atoms with Crippen LogP contribution in [0.3, 0.4) is 0 Å². The molecule has 74 valence electrons. The van der Waals surface area contributed by atoms with Crippen molar-refractivity contribution < 1.29 is 14.6 Å². The smallest absolute Gasteiger partial charge is 0.165 e. The third-order valence-corrected chi connectivity index (χ3v) is 1.68. The van der Waals surface area contributed by atoms with E-state index in [1.54, 1.807) is 18.2 Å². The number of aromatic hydroxyl groups is 1. The van der Waals surface area contributed by atoms with E-state index in [1.807, 2.05) is 6.92 Å². The monoisotopic (exact) mass is 192 g/mol. The molecule has 0 saturated heterocycles. The largest absolute Gasteiger partial charge is 0.504 e. The predicted molar refractivity (Wildman–Crippen MR) is 54.4 cm³/mol. The molecule has 0 heterocycles. The van der Waals surface area contributed by atoms with E-state index in [9.17, 15) is 9.90 Å². The number of ether oxygens (including phenoxy) is 1.